The normalized spacial score (nSPS) is 13.2. The fourth-order valence-corrected chi connectivity index (χ4v) is 2.46. The van der Waals surface area contributed by atoms with Crippen LogP contribution < -0.4 is 4.90 Å². The molecule has 0 aromatic heterocycles. The highest BCUT2D eigenvalue weighted by Gasteiger charge is 2.18. The van der Waals surface area contributed by atoms with Crippen LogP contribution in [0.5, 0.6) is 0 Å². The summed E-state index contributed by atoms with van der Waals surface area (Å²) >= 11 is 0. The van der Waals surface area contributed by atoms with Gasteiger partial charge in [-0.05, 0) is 30.2 Å². The largest absolute Gasteiger partial charge is 0.370 e. The van der Waals surface area contributed by atoms with Gasteiger partial charge in [0.2, 0.25) is 0 Å². The van der Waals surface area contributed by atoms with E-state index < -0.39 is 0 Å². The van der Waals surface area contributed by atoms with Gasteiger partial charge in [-0.25, -0.2) is 0 Å². The Hall–Kier alpha value is -1.76. The molecule has 3 rings (SSSR count). The summed E-state index contributed by atoms with van der Waals surface area (Å²) < 4.78 is 0. The third-order valence-electron chi connectivity index (χ3n) is 3.28. The Morgan fingerprint density at radius 2 is 1.81 bits per heavy atom. The van der Waals surface area contributed by atoms with Crippen LogP contribution in [-0.4, -0.2) is 7.05 Å². The first-order chi connectivity index (χ1) is 7.75. The summed E-state index contributed by atoms with van der Waals surface area (Å²) in [7, 11) is 2.16. The zero-order valence-corrected chi connectivity index (χ0v) is 9.70. The smallest absolute Gasteiger partial charge is 0.0446 e. The van der Waals surface area contributed by atoms with Crippen molar-refractivity contribution in [2.24, 2.45) is 0 Å². The highest BCUT2D eigenvalue weighted by Crippen LogP contribution is 2.38. The van der Waals surface area contributed by atoms with Crippen molar-refractivity contribution in [1.29, 1.82) is 0 Å². The van der Waals surface area contributed by atoms with E-state index in [1.165, 1.54) is 27.9 Å². The number of aryl methyl sites for hydroxylation is 1. The Morgan fingerprint density at radius 1 is 1.00 bits per heavy atom. The fourth-order valence-electron chi connectivity index (χ4n) is 2.46. The minimum Gasteiger partial charge on any atom is -0.370 e. The van der Waals surface area contributed by atoms with Crippen molar-refractivity contribution in [2.75, 3.05) is 11.9 Å². The summed E-state index contributed by atoms with van der Waals surface area (Å²) in [5.41, 5.74) is 6.83. The van der Waals surface area contributed by atoms with E-state index in [1.54, 1.807) is 0 Å². The lowest BCUT2D eigenvalue weighted by molar-refractivity contribution is 0.910. The van der Waals surface area contributed by atoms with Gasteiger partial charge in [-0.2, -0.15) is 0 Å². The average molecular weight is 209 g/mol. The molecule has 0 bridgehead atoms. The summed E-state index contributed by atoms with van der Waals surface area (Å²) in [6.07, 6.45) is 0. The van der Waals surface area contributed by atoms with Crippen LogP contribution in [0, 0.1) is 6.92 Å². The van der Waals surface area contributed by atoms with E-state index in [1.807, 2.05) is 0 Å². The number of fused-ring (bicyclic) bond motifs is 3. The highest BCUT2D eigenvalue weighted by molar-refractivity contribution is 5.83. The van der Waals surface area contributed by atoms with Gasteiger partial charge in [-0.15, -0.1) is 0 Å². The van der Waals surface area contributed by atoms with Gasteiger partial charge < -0.3 is 4.90 Å². The molecule has 0 atom stereocenters. The SMILES string of the molecule is Cc1ccc2c(c1)-c1ccccc1CN2C. The molecule has 0 aliphatic carbocycles. The Labute approximate surface area is 96.3 Å². The first-order valence-electron chi connectivity index (χ1n) is 5.66. The first kappa shape index (κ1) is 9.46. The molecule has 0 radical (unpaired) electrons. The molecule has 0 fully saturated rings. The third kappa shape index (κ3) is 1.32. The molecule has 0 amide bonds. The highest BCUT2D eigenvalue weighted by atomic mass is 15.1. The molecule has 1 aliphatic rings. The van der Waals surface area contributed by atoms with Gasteiger partial charge >= 0.3 is 0 Å². The van der Waals surface area contributed by atoms with Gasteiger partial charge in [0, 0.05) is 24.8 Å². The van der Waals surface area contributed by atoms with Crippen molar-refractivity contribution in [2.45, 2.75) is 13.5 Å². The number of nitrogens with zero attached hydrogens (tertiary/aromatic N) is 1. The topological polar surface area (TPSA) is 3.24 Å². The van der Waals surface area contributed by atoms with Crippen LogP contribution in [0.2, 0.25) is 0 Å². The maximum Gasteiger partial charge on any atom is 0.0446 e. The van der Waals surface area contributed by atoms with Crippen LogP contribution in [0.1, 0.15) is 11.1 Å². The molecule has 1 heterocycles. The molecule has 1 aliphatic heterocycles. The maximum absolute atomic E-state index is 2.32. The van der Waals surface area contributed by atoms with Crippen molar-refractivity contribution in [3.63, 3.8) is 0 Å². The summed E-state index contributed by atoms with van der Waals surface area (Å²) in [5, 5.41) is 0. The minimum absolute atomic E-state index is 1.01. The molecule has 0 saturated heterocycles. The Kier molecular flexibility index (Phi) is 2.00. The molecule has 0 saturated carbocycles. The molecule has 2 aromatic rings. The van der Waals surface area contributed by atoms with Crippen LogP contribution >= 0.6 is 0 Å². The van der Waals surface area contributed by atoms with Crippen molar-refractivity contribution < 1.29 is 0 Å². The van der Waals surface area contributed by atoms with Crippen molar-refractivity contribution in [3.8, 4) is 11.1 Å². The minimum atomic E-state index is 1.01. The summed E-state index contributed by atoms with van der Waals surface area (Å²) in [4.78, 5) is 2.32. The molecule has 16 heavy (non-hydrogen) atoms. The van der Waals surface area contributed by atoms with Crippen molar-refractivity contribution >= 4 is 5.69 Å². The molecule has 2 aromatic carbocycles. The second-order valence-corrected chi connectivity index (χ2v) is 4.53. The predicted molar refractivity (Wildman–Crippen MR) is 68.7 cm³/mol. The van der Waals surface area contributed by atoms with Gasteiger partial charge in [-0.1, -0.05) is 35.9 Å². The Bertz CT molecular complexity index is 543. The Morgan fingerprint density at radius 3 is 2.69 bits per heavy atom. The standard InChI is InChI=1S/C15H15N/c1-11-7-8-15-14(9-11)13-6-4-3-5-12(13)10-16(15)2/h3-9H,10H2,1-2H3. The van der Waals surface area contributed by atoms with Crippen LogP contribution in [0.25, 0.3) is 11.1 Å². The molecule has 1 nitrogen and oxygen atoms in total. The quantitative estimate of drug-likeness (QED) is 0.640. The number of anilines is 1. The second-order valence-electron chi connectivity index (χ2n) is 4.53. The van der Waals surface area contributed by atoms with E-state index in [4.69, 9.17) is 0 Å². The number of benzene rings is 2. The van der Waals surface area contributed by atoms with Gasteiger partial charge in [-0.3, -0.25) is 0 Å². The van der Waals surface area contributed by atoms with Gasteiger partial charge in [0.1, 0.15) is 0 Å². The number of hydrogen-bond donors (Lipinski definition) is 0. The first-order valence-corrected chi connectivity index (χ1v) is 5.66. The third-order valence-corrected chi connectivity index (χ3v) is 3.28. The van der Waals surface area contributed by atoms with Crippen LogP contribution in [-0.2, 0) is 6.54 Å². The summed E-state index contributed by atoms with van der Waals surface area (Å²) in [6.45, 7) is 3.16. The summed E-state index contributed by atoms with van der Waals surface area (Å²) in [5.74, 6) is 0. The van der Waals surface area contributed by atoms with E-state index in [-0.39, 0.29) is 0 Å². The van der Waals surface area contributed by atoms with Crippen LogP contribution in [0.3, 0.4) is 0 Å². The van der Waals surface area contributed by atoms with Crippen LogP contribution in [0.15, 0.2) is 42.5 Å². The van der Waals surface area contributed by atoms with Crippen molar-refractivity contribution in [3.05, 3.63) is 53.6 Å². The zero-order chi connectivity index (χ0) is 11.1. The van der Waals surface area contributed by atoms with Crippen molar-refractivity contribution in [1.82, 2.24) is 0 Å². The van der Waals surface area contributed by atoms with Gasteiger partial charge in [0.05, 0.1) is 0 Å². The second kappa shape index (κ2) is 3.38. The maximum atomic E-state index is 2.32. The molecule has 1 heteroatoms. The lowest BCUT2D eigenvalue weighted by Crippen LogP contribution is -2.21. The zero-order valence-electron chi connectivity index (χ0n) is 9.70. The lowest BCUT2D eigenvalue weighted by atomic mass is 9.93. The molecular weight excluding hydrogens is 194 g/mol. The predicted octanol–water partition coefficient (Wildman–Crippen LogP) is 3.61. The monoisotopic (exact) mass is 209 g/mol. The van der Waals surface area contributed by atoms with Gasteiger partial charge in [0.25, 0.3) is 0 Å². The summed E-state index contributed by atoms with van der Waals surface area (Å²) in [6, 6.07) is 15.4. The molecule has 80 valence electrons. The number of rotatable bonds is 0. The Balaban J connectivity index is 2.30. The van der Waals surface area contributed by atoms with E-state index in [9.17, 15) is 0 Å². The van der Waals surface area contributed by atoms with Gasteiger partial charge in [0.15, 0.2) is 0 Å². The molecule has 0 spiro atoms. The lowest BCUT2D eigenvalue weighted by Gasteiger charge is -2.29. The van der Waals surface area contributed by atoms with E-state index >= 15 is 0 Å². The number of hydrogen-bond acceptors (Lipinski definition) is 1. The van der Waals surface area contributed by atoms with E-state index in [2.05, 4.69) is 61.3 Å². The van der Waals surface area contributed by atoms with E-state index in [0.29, 0.717) is 0 Å². The average Bonchev–Trinajstić information content (AvgIpc) is 2.29. The fraction of sp³-hybridized carbons (Fsp3) is 0.200. The molecule has 0 unspecified atom stereocenters. The van der Waals surface area contributed by atoms with E-state index in [0.717, 1.165) is 6.54 Å². The molecular formula is C15H15N. The van der Waals surface area contributed by atoms with Crippen LogP contribution in [0.4, 0.5) is 5.69 Å². The molecule has 0 N–H and O–H groups in total.